The van der Waals surface area contributed by atoms with Crippen molar-refractivity contribution in [1.29, 1.82) is 0 Å². The summed E-state index contributed by atoms with van der Waals surface area (Å²) in [5.74, 6) is 0. The Morgan fingerprint density at radius 1 is 0.462 bits per heavy atom. The summed E-state index contributed by atoms with van der Waals surface area (Å²) >= 11 is 0. The highest BCUT2D eigenvalue weighted by Gasteiger charge is 2.51. The number of hydrogen-bond acceptors (Lipinski definition) is 0. The van der Waals surface area contributed by atoms with E-state index in [4.69, 9.17) is 0 Å². The highest BCUT2D eigenvalue weighted by Crippen LogP contribution is 2.63. The van der Waals surface area contributed by atoms with E-state index in [-0.39, 0.29) is 0 Å². The van der Waals surface area contributed by atoms with E-state index < -0.39 is 5.41 Å². The Labute approximate surface area is 302 Å². The number of rotatable bonds is 4. The molecule has 52 heavy (non-hydrogen) atoms. The molecule has 2 aromatic heterocycles. The van der Waals surface area contributed by atoms with Gasteiger partial charge in [0.05, 0.1) is 27.7 Å². The average Bonchev–Trinajstić information content (AvgIpc) is 3.89. The van der Waals surface area contributed by atoms with Gasteiger partial charge in [-0.25, -0.2) is 0 Å². The quantitative estimate of drug-likeness (QED) is 0.177. The summed E-state index contributed by atoms with van der Waals surface area (Å²) in [4.78, 5) is 0. The molecule has 244 valence electrons. The summed E-state index contributed by atoms with van der Waals surface area (Å²) in [5, 5.41) is 3.74. The maximum Gasteiger partial charge on any atom is 0.0725 e. The van der Waals surface area contributed by atoms with Crippen molar-refractivity contribution in [3.63, 3.8) is 0 Å². The molecule has 2 aliphatic carbocycles. The largest absolute Gasteiger partial charge is 0.309 e. The van der Waals surface area contributed by atoms with Gasteiger partial charge >= 0.3 is 0 Å². The molecule has 0 fully saturated rings. The minimum atomic E-state index is -0.424. The van der Waals surface area contributed by atoms with Gasteiger partial charge in [-0.05, 0) is 100.0 Å². The van der Waals surface area contributed by atoms with Gasteiger partial charge in [-0.3, -0.25) is 0 Å². The molecule has 0 amide bonds. The van der Waals surface area contributed by atoms with Gasteiger partial charge in [0.2, 0.25) is 0 Å². The summed E-state index contributed by atoms with van der Waals surface area (Å²) in [5.41, 5.74) is 18.3. The van der Waals surface area contributed by atoms with E-state index in [1.807, 2.05) is 6.08 Å². The van der Waals surface area contributed by atoms with Crippen LogP contribution in [0.25, 0.3) is 78.5 Å². The first-order valence-corrected chi connectivity index (χ1v) is 18.1. The minimum absolute atomic E-state index is 0.424. The molecule has 11 rings (SSSR count). The summed E-state index contributed by atoms with van der Waals surface area (Å²) in [6, 6.07) is 58.7. The van der Waals surface area contributed by atoms with Crippen molar-refractivity contribution in [3.8, 4) is 33.6 Å². The zero-order valence-corrected chi connectivity index (χ0v) is 28.8. The lowest BCUT2D eigenvalue weighted by Crippen LogP contribution is -2.25. The van der Waals surface area contributed by atoms with Crippen molar-refractivity contribution >= 4 is 44.9 Å². The highest BCUT2D eigenvalue weighted by atomic mass is 15.0. The third-order valence-electron chi connectivity index (χ3n) is 11.6. The Kier molecular flexibility index (Phi) is 5.98. The molecule has 2 heteroatoms. The molecule has 0 radical (unpaired) electrons. The van der Waals surface area contributed by atoms with Gasteiger partial charge in [-0.2, -0.15) is 0 Å². The molecule has 0 N–H and O–H groups in total. The number of benzene rings is 7. The third kappa shape index (κ3) is 3.58. The lowest BCUT2D eigenvalue weighted by Gasteiger charge is -2.30. The summed E-state index contributed by atoms with van der Waals surface area (Å²) < 4.78 is 4.85. The van der Waals surface area contributed by atoms with Crippen LogP contribution >= 0.6 is 0 Å². The molecule has 0 saturated heterocycles. The van der Waals surface area contributed by atoms with E-state index in [2.05, 4.69) is 193 Å². The monoisotopic (exact) mass is 662 g/mol. The fourth-order valence-electron chi connectivity index (χ4n) is 9.70. The van der Waals surface area contributed by atoms with Gasteiger partial charge in [0.25, 0.3) is 0 Å². The number of para-hydroxylation sites is 3. The number of nitrogens with zero attached hydrogens (tertiary/aromatic N) is 2. The van der Waals surface area contributed by atoms with Crippen LogP contribution in [0.4, 0.5) is 0 Å². The van der Waals surface area contributed by atoms with Crippen LogP contribution in [0.3, 0.4) is 0 Å². The van der Waals surface area contributed by atoms with Crippen LogP contribution in [0.5, 0.6) is 0 Å². The molecular weight excluding hydrogens is 629 g/mol. The van der Waals surface area contributed by atoms with E-state index in [1.54, 1.807) is 0 Å². The van der Waals surface area contributed by atoms with Crippen molar-refractivity contribution in [2.75, 3.05) is 0 Å². The Bertz CT molecular complexity index is 2900. The van der Waals surface area contributed by atoms with Crippen LogP contribution in [-0.2, 0) is 5.41 Å². The van der Waals surface area contributed by atoms with Gasteiger partial charge in [0.15, 0.2) is 0 Å². The predicted molar refractivity (Wildman–Crippen MR) is 219 cm³/mol. The zero-order valence-electron chi connectivity index (χ0n) is 28.8. The number of allylic oxidation sites excluding steroid dienone is 1. The van der Waals surface area contributed by atoms with E-state index in [9.17, 15) is 0 Å². The third-order valence-corrected chi connectivity index (χ3v) is 11.6. The number of aromatic nitrogens is 2. The summed E-state index contributed by atoms with van der Waals surface area (Å²) in [7, 11) is 0. The normalized spacial score (nSPS) is 13.6. The van der Waals surface area contributed by atoms with Gasteiger partial charge in [0, 0.05) is 33.1 Å². The van der Waals surface area contributed by atoms with Gasteiger partial charge in [0.1, 0.15) is 0 Å². The Balaban J connectivity index is 1.25. The molecular formula is C50H34N2. The molecule has 0 aliphatic heterocycles. The molecule has 2 heterocycles. The maximum atomic E-state index is 4.24. The highest BCUT2D eigenvalue weighted by molar-refractivity contribution is 6.09. The zero-order chi connectivity index (χ0) is 34.6. The molecule has 2 nitrogen and oxygen atoms in total. The van der Waals surface area contributed by atoms with E-state index >= 15 is 0 Å². The van der Waals surface area contributed by atoms with Crippen LogP contribution in [0.15, 0.2) is 170 Å². The second-order valence-corrected chi connectivity index (χ2v) is 14.0. The lowest BCUT2D eigenvalue weighted by atomic mass is 9.70. The molecule has 2 aliphatic rings. The molecule has 0 saturated carbocycles. The molecule has 9 aromatic rings. The summed E-state index contributed by atoms with van der Waals surface area (Å²) in [6.07, 6.45) is 6.33. The maximum absolute atomic E-state index is 4.24. The van der Waals surface area contributed by atoms with Crippen LogP contribution in [-0.4, -0.2) is 9.13 Å². The smallest absolute Gasteiger partial charge is 0.0725 e. The second kappa shape index (κ2) is 10.7. The number of fused-ring (bicyclic) bond motifs is 14. The standard InChI is InChI=1S/C50H34N2/c1-3-15-46-34(4-2)37-18-7-12-23-47(37)51(46)32-26-28-44-40(30-32)41-31-33(52-48-24-13-8-19-38(48)39-20-9-14-25-49(39)52)27-29-45(41)50(44)42-21-10-5-16-35(42)36-17-6-11-22-43(36)50/h3-31H,2H2,1H3/b15-3-. The SMILES string of the molecule is C=Cc1c(/C=C\C)n(-c2ccc3c(c2)-c2cc(-n4c5ccccc5c5ccccc54)ccc2C32c3ccccc3-c3ccccc32)c2ccccc12. The van der Waals surface area contributed by atoms with Crippen molar-refractivity contribution < 1.29 is 0 Å². The average molecular weight is 663 g/mol. The molecule has 0 unspecified atom stereocenters. The number of hydrogen-bond donors (Lipinski definition) is 0. The summed E-state index contributed by atoms with van der Waals surface area (Å²) in [6.45, 7) is 6.32. The van der Waals surface area contributed by atoms with Gasteiger partial charge < -0.3 is 9.13 Å². The fourth-order valence-corrected chi connectivity index (χ4v) is 9.70. The first kappa shape index (κ1) is 29.1. The van der Waals surface area contributed by atoms with Crippen molar-refractivity contribution in [2.24, 2.45) is 0 Å². The fraction of sp³-hybridized carbons (Fsp3) is 0.0400. The van der Waals surface area contributed by atoms with E-state index in [0.717, 1.165) is 16.9 Å². The molecule has 7 aromatic carbocycles. The van der Waals surface area contributed by atoms with Crippen LogP contribution in [0.1, 0.15) is 40.4 Å². The van der Waals surface area contributed by atoms with Crippen molar-refractivity contribution in [3.05, 3.63) is 204 Å². The first-order chi connectivity index (χ1) is 25.7. The molecule has 0 bridgehead atoms. The predicted octanol–water partition coefficient (Wildman–Crippen LogP) is 12.7. The van der Waals surface area contributed by atoms with E-state index in [0.29, 0.717) is 0 Å². The first-order valence-electron chi connectivity index (χ1n) is 18.1. The Morgan fingerprint density at radius 2 is 0.904 bits per heavy atom. The van der Waals surface area contributed by atoms with Crippen LogP contribution < -0.4 is 0 Å². The van der Waals surface area contributed by atoms with Gasteiger partial charge in [-0.15, -0.1) is 0 Å². The Hall–Kier alpha value is -6.64. The van der Waals surface area contributed by atoms with Crippen LogP contribution in [0, 0.1) is 0 Å². The van der Waals surface area contributed by atoms with Crippen molar-refractivity contribution in [2.45, 2.75) is 12.3 Å². The minimum Gasteiger partial charge on any atom is -0.309 e. The molecule has 1 spiro atoms. The topological polar surface area (TPSA) is 9.86 Å². The molecule has 0 atom stereocenters. The van der Waals surface area contributed by atoms with Crippen molar-refractivity contribution in [1.82, 2.24) is 9.13 Å². The second-order valence-electron chi connectivity index (χ2n) is 14.0. The Morgan fingerprint density at radius 3 is 1.44 bits per heavy atom. The lowest BCUT2D eigenvalue weighted by molar-refractivity contribution is 0.793. The van der Waals surface area contributed by atoms with Gasteiger partial charge in [-0.1, -0.05) is 134 Å². The van der Waals surface area contributed by atoms with Crippen LogP contribution in [0.2, 0.25) is 0 Å². The van der Waals surface area contributed by atoms with E-state index in [1.165, 1.54) is 82.9 Å².